The third-order valence-electron chi connectivity index (χ3n) is 4.06. The number of allylic oxidation sites excluding steroid dienone is 1. The Hall–Kier alpha value is -3.29. The molecule has 0 unspecified atom stereocenters. The Balaban J connectivity index is 1.89. The van der Waals surface area contributed by atoms with E-state index in [1.165, 1.54) is 19.2 Å². The Morgan fingerprint density at radius 3 is 2.46 bits per heavy atom. The minimum absolute atomic E-state index is 0.352. The molecule has 0 saturated carbocycles. The maximum Gasteiger partial charge on any atom is 0.180 e. The summed E-state index contributed by atoms with van der Waals surface area (Å²) in [5.74, 6) is 0.544. The molecule has 0 aliphatic rings. The maximum atomic E-state index is 13.1. The molecule has 3 rings (SSSR count). The number of rotatable bonds is 6. The molecular formula is C23H17ClFNO2. The van der Waals surface area contributed by atoms with Crippen LogP contribution in [0.1, 0.15) is 16.7 Å². The average Bonchev–Trinajstić information content (AvgIpc) is 2.72. The van der Waals surface area contributed by atoms with Crippen LogP contribution in [0.5, 0.6) is 11.5 Å². The minimum Gasteiger partial charge on any atom is -0.493 e. The Morgan fingerprint density at radius 2 is 1.82 bits per heavy atom. The van der Waals surface area contributed by atoms with E-state index in [-0.39, 0.29) is 5.82 Å². The van der Waals surface area contributed by atoms with E-state index in [1.807, 2.05) is 30.3 Å². The molecular weight excluding hydrogens is 377 g/mol. The van der Waals surface area contributed by atoms with Crippen molar-refractivity contribution in [2.45, 2.75) is 6.61 Å². The monoisotopic (exact) mass is 393 g/mol. The first-order valence-corrected chi connectivity index (χ1v) is 8.90. The summed E-state index contributed by atoms with van der Waals surface area (Å²) in [4.78, 5) is 0. The smallest absolute Gasteiger partial charge is 0.180 e. The van der Waals surface area contributed by atoms with Crippen LogP contribution < -0.4 is 9.47 Å². The van der Waals surface area contributed by atoms with Crippen molar-refractivity contribution in [3.63, 3.8) is 0 Å². The predicted octanol–water partition coefficient (Wildman–Crippen LogP) is 6.13. The summed E-state index contributed by atoms with van der Waals surface area (Å²) in [6.07, 6.45) is 1.67. The van der Waals surface area contributed by atoms with Crippen LogP contribution >= 0.6 is 11.6 Å². The first-order valence-electron chi connectivity index (χ1n) is 8.52. The third-order valence-corrected chi connectivity index (χ3v) is 4.35. The molecule has 0 atom stereocenters. The van der Waals surface area contributed by atoms with Gasteiger partial charge in [0, 0.05) is 0 Å². The van der Waals surface area contributed by atoms with Crippen molar-refractivity contribution < 1.29 is 13.9 Å². The molecule has 0 bridgehead atoms. The van der Waals surface area contributed by atoms with Crippen LogP contribution in [0.3, 0.4) is 0 Å². The quantitative estimate of drug-likeness (QED) is 0.373. The van der Waals surface area contributed by atoms with Gasteiger partial charge in [0.1, 0.15) is 12.4 Å². The van der Waals surface area contributed by atoms with Crippen LogP contribution in [0.2, 0.25) is 5.02 Å². The molecule has 5 heteroatoms. The molecule has 0 radical (unpaired) electrons. The van der Waals surface area contributed by atoms with Gasteiger partial charge >= 0.3 is 0 Å². The van der Waals surface area contributed by atoms with E-state index in [0.29, 0.717) is 39.8 Å². The van der Waals surface area contributed by atoms with Crippen molar-refractivity contribution in [2.24, 2.45) is 0 Å². The minimum atomic E-state index is -0.356. The van der Waals surface area contributed by atoms with Crippen LogP contribution in [-0.4, -0.2) is 7.11 Å². The molecule has 28 heavy (non-hydrogen) atoms. The van der Waals surface area contributed by atoms with Crippen molar-refractivity contribution in [3.8, 4) is 17.6 Å². The van der Waals surface area contributed by atoms with Crippen LogP contribution in [0.25, 0.3) is 11.6 Å². The fourth-order valence-corrected chi connectivity index (χ4v) is 2.94. The van der Waals surface area contributed by atoms with Gasteiger partial charge in [-0.25, -0.2) is 4.39 Å². The number of benzene rings is 3. The van der Waals surface area contributed by atoms with Gasteiger partial charge in [-0.2, -0.15) is 5.26 Å². The second-order valence-electron chi connectivity index (χ2n) is 5.99. The summed E-state index contributed by atoms with van der Waals surface area (Å²) in [5.41, 5.74) is 2.68. The molecule has 0 amide bonds. The number of nitrogens with zero attached hydrogens (tertiary/aromatic N) is 1. The van der Waals surface area contributed by atoms with Gasteiger partial charge in [0.15, 0.2) is 11.5 Å². The molecule has 3 nitrogen and oxygen atoms in total. The second-order valence-corrected chi connectivity index (χ2v) is 6.39. The molecule has 0 aliphatic carbocycles. The summed E-state index contributed by atoms with van der Waals surface area (Å²) in [6, 6.07) is 21.0. The number of methoxy groups -OCH3 is 1. The number of nitriles is 1. The van der Waals surface area contributed by atoms with Gasteiger partial charge in [-0.15, -0.1) is 0 Å². The van der Waals surface area contributed by atoms with E-state index >= 15 is 0 Å². The van der Waals surface area contributed by atoms with Gasteiger partial charge in [-0.05, 0) is 47.0 Å². The zero-order valence-electron chi connectivity index (χ0n) is 15.2. The molecule has 0 saturated heterocycles. The zero-order valence-corrected chi connectivity index (χ0v) is 15.9. The Kier molecular flexibility index (Phi) is 6.31. The SMILES string of the molecule is COc1cc(C=C(C#N)c2ccc(F)cc2)cc(Cl)c1OCc1ccccc1. The highest BCUT2D eigenvalue weighted by molar-refractivity contribution is 6.32. The van der Waals surface area contributed by atoms with Crippen molar-refractivity contribution in [2.75, 3.05) is 7.11 Å². The van der Waals surface area contributed by atoms with Gasteiger partial charge in [0.2, 0.25) is 0 Å². The van der Waals surface area contributed by atoms with E-state index in [4.69, 9.17) is 21.1 Å². The fourth-order valence-electron chi connectivity index (χ4n) is 2.67. The largest absolute Gasteiger partial charge is 0.493 e. The third kappa shape index (κ3) is 4.70. The van der Waals surface area contributed by atoms with Gasteiger partial charge < -0.3 is 9.47 Å². The van der Waals surface area contributed by atoms with Crippen molar-refractivity contribution in [1.82, 2.24) is 0 Å². The predicted molar refractivity (Wildman–Crippen MR) is 109 cm³/mol. The van der Waals surface area contributed by atoms with E-state index in [1.54, 1.807) is 30.3 Å². The summed E-state index contributed by atoms with van der Waals surface area (Å²) in [6.45, 7) is 0.352. The van der Waals surface area contributed by atoms with Gasteiger partial charge in [0.25, 0.3) is 0 Å². The standard InChI is InChI=1S/C23H17ClFNO2/c1-27-22-13-17(11-19(14-26)18-7-9-20(25)10-8-18)12-21(24)23(22)28-15-16-5-3-2-4-6-16/h2-13H,15H2,1H3. The average molecular weight is 394 g/mol. The van der Waals surface area contributed by atoms with Crippen LogP contribution in [0.15, 0.2) is 66.7 Å². The first kappa shape index (κ1) is 19.5. The zero-order chi connectivity index (χ0) is 19.9. The highest BCUT2D eigenvalue weighted by Crippen LogP contribution is 2.38. The maximum absolute atomic E-state index is 13.1. The second kappa shape index (κ2) is 9.07. The highest BCUT2D eigenvalue weighted by Gasteiger charge is 2.13. The van der Waals surface area contributed by atoms with E-state index < -0.39 is 0 Å². The number of ether oxygens (including phenoxy) is 2. The summed E-state index contributed by atoms with van der Waals surface area (Å²) in [5, 5.41) is 9.84. The lowest BCUT2D eigenvalue weighted by Crippen LogP contribution is -1.99. The molecule has 3 aromatic rings. The Labute approximate surface area is 168 Å². The highest BCUT2D eigenvalue weighted by atomic mass is 35.5. The van der Waals surface area contributed by atoms with Gasteiger partial charge in [-0.1, -0.05) is 54.1 Å². The van der Waals surface area contributed by atoms with Crippen molar-refractivity contribution in [1.29, 1.82) is 5.26 Å². The lowest BCUT2D eigenvalue weighted by Gasteiger charge is -2.13. The molecule has 0 heterocycles. The summed E-state index contributed by atoms with van der Waals surface area (Å²) in [7, 11) is 1.53. The molecule has 0 fully saturated rings. The van der Waals surface area contributed by atoms with Crippen LogP contribution in [0, 0.1) is 17.1 Å². The number of hydrogen-bond donors (Lipinski definition) is 0. The molecule has 0 spiro atoms. The van der Waals surface area contributed by atoms with Gasteiger partial charge in [0.05, 0.1) is 23.8 Å². The van der Waals surface area contributed by atoms with E-state index in [2.05, 4.69) is 6.07 Å². The van der Waals surface area contributed by atoms with Crippen molar-refractivity contribution >= 4 is 23.3 Å². The fraction of sp³-hybridized carbons (Fsp3) is 0.0870. The molecule has 0 aliphatic heterocycles. The Morgan fingerprint density at radius 1 is 1.11 bits per heavy atom. The first-order chi connectivity index (χ1) is 13.6. The normalized spacial score (nSPS) is 11.0. The van der Waals surface area contributed by atoms with Crippen LogP contribution in [-0.2, 0) is 6.61 Å². The summed E-state index contributed by atoms with van der Waals surface area (Å²) >= 11 is 6.41. The van der Waals surface area contributed by atoms with Crippen molar-refractivity contribution in [3.05, 3.63) is 94.3 Å². The van der Waals surface area contributed by atoms with E-state index in [0.717, 1.165) is 5.56 Å². The van der Waals surface area contributed by atoms with E-state index in [9.17, 15) is 9.65 Å². The Bertz CT molecular complexity index is 1020. The van der Waals surface area contributed by atoms with Crippen LogP contribution in [0.4, 0.5) is 4.39 Å². The lowest BCUT2D eigenvalue weighted by atomic mass is 10.0. The molecule has 0 aromatic heterocycles. The molecule has 140 valence electrons. The number of halogens is 2. The molecule has 3 aromatic carbocycles. The number of hydrogen-bond acceptors (Lipinski definition) is 3. The lowest BCUT2D eigenvalue weighted by molar-refractivity contribution is 0.284. The topological polar surface area (TPSA) is 42.2 Å². The summed E-state index contributed by atoms with van der Waals surface area (Å²) < 4.78 is 24.4. The molecule has 0 N–H and O–H groups in total. The van der Waals surface area contributed by atoms with Gasteiger partial charge in [-0.3, -0.25) is 0 Å².